The van der Waals surface area contributed by atoms with Gasteiger partial charge in [-0.2, -0.15) is 0 Å². The molecule has 0 spiro atoms. The number of methoxy groups -OCH3 is 1. The predicted molar refractivity (Wildman–Crippen MR) is 102 cm³/mol. The van der Waals surface area contributed by atoms with Gasteiger partial charge in [0.25, 0.3) is 0 Å². The van der Waals surface area contributed by atoms with Crippen molar-refractivity contribution in [3.8, 4) is 5.75 Å². The number of sulfone groups is 1. The van der Waals surface area contributed by atoms with Crippen LogP contribution in [-0.2, 0) is 9.84 Å². The van der Waals surface area contributed by atoms with Gasteiger partial charge in [-0.15, -0.1) is 0 Å². The number of anilines is 1. The highest BCUT2D eigenvalue weighted by molar-refractivity contribution is 7.91. The van der Waals surface area contributed by atoms with Gasteiger partial charge in [-0.3, -0.25) is 0 Å². The first kappa shape index (κ1) is 17.4. The molecule has 0 unspecified atom stereocenters. The zero-order valence-electron chi connectivity index (χ0n) is 15.1. The number of hydrogen-bond donors (Lipinski definition) is 1. The molecule has 0 amide bonds. The molecule has 2 aromatic rings. The molecule has 138 valence electrons. The first-order valence-electron chi connectivity index (χ1n) is 8.99. The van der Waals surface area contributed by atoms with Crippen molar-refractivity contribution in [1.82, 2.24) is 5.32 Å². The van der Waals surface area contributed by atoms with E-state index in [0.717, 1.165) is 37.2 Å². The highest BCUT2D eigenvalue weighted by Gasteiger charge is 2.37. The lowest BCUT2D eigenvalue weighted by atomic mass is 9.91. The molecule has 0 aromatic heterocycles. The second-order valence-corrected chi connectivity index (χ2v) is 8.96. The third-order valence-corrected chi connectivity index (χ3v) is 7.40. The van der Waals surface area contributed by atoms with Gasteiger partial charge in [0.2, 0.25) is 9.84 Å². The van der Waals surface area contributed by atoms with E-state index in [0.29, 0.717) is 22.6 Å². The van der Waals surface area contributed by atoms with Crippen molar-refractivity contribution in [2.45, 2.75) is 34.6 Å². The van der Waals surface area contributed by atoms with Gasteiger partial charge in [-0.25, -0.2) is 8.42 Å². The standard InChI is InChI=1S/C20H24N2O3S/c1-22-19-7-6-16(13-18(19)17-8-10-21-11-9-20(17)22)26(23,24)15-5-3-4-14(12-15)25-2/h3-7,12-13,17,20-21H,8-11H2,1-2H3/t17-,20+/m1/s1. The van der Waals surface area contributed by atoms with Gasteiger partial charge in [-0.1, -0.05) is 6.07 Å². The van der Waals surface area contributed by atoms with Crippen LogP contribution in [0.3, 0.4) is 0 Å². The molecular weight excluding hydrogens is 348 g/mol. The monoisotopic (exact) mass is 372 g/mol. The summed E-state index contributed by atoms with van der Waals surface area (Å²) in [5.74, 6) is 0.923. The van der Waals surface area contributed by atoms with Crippen molar-refractivity contribution in [2.24, 2.45) is 0 Å². The van der Waals surface area contributed by atoms with Crippen LogP contribution in [0.15, 0.2) is 52.3 Å². The van der Waals surface area contributed by atoms with Crippen molar-refractivity contribution in [2.75, 3.05) is 32.1 Å². The lowest BCUT2D eigenvalue weighted by Gasteiger charge is -2.24. The summed E-state index contributed by atoms with van der Waals surface area (Å²) in [5, 5.41) is 3.45. The van der Waals surface area contributed by atoms with Crippen LogP contribution in [0, 0.1) is 0 Å². The quantitative estimate of drug-likeness (QED) is 0.898. The number of hydrogen-bond acceptors (Lipinski definition) is 5. The van der Waals surface area contributed by atoms with Crippen molar-refractivity contribution in [3.63, 3.8) is 0 Å². The van der Waals surface area contributed by atoms with Crippen LogP contribution in [0.25, 0.3) is 0 Å². The molecule has 1 saturated heterocycles. The van der Waals surface area contributed by atoms with Crippen molar-refractivity contribution < 1.29 is 13.2 Å². The zero-order valence-corrected chi connectivity index (χ0v) is 15.9. The van der Waals surface area contributed by atoms with Gasteiger partial charge in [0.15, 0.2) is 0 Å². The number of ether oxygens (including phenoxy) is 1. The molecule has 26 heavy (non-hydrogen) atoms. The summed E-state index contributed by atoms with van der Waals surface area (Å²) in [6.07, 6.45) is 2.11. The molecule has 1 N–H and O–H groups in total. The molecule has 1 fully saturated rings. The summed E-state index contributed by atoms with van der Waals surface area (Å²) in [4.78, 5) is 2.94. The number of fused-ring (bicyclic) bond motifs is 3. The average Bonchev–Trinajstić information content (AvgIpc) is 2.83. The zero-order chi connectivity index (χ0) is 18.3. The van der Waals surface area contributed by atoms with Gasteiger partial charge in [0.05, 0.1) is 16.9 Å². The highest BCUT2D eigenvalue weighted by Crippen LogP contribution is 2.45. The fourth-order valence-corrected chi connectivity index (χ4v) is 5.58. The smallest absolute Gasteiger partial charge is 0.206 e. The number of nitrogens with zero attached hydrogens (tertiary/aromatic N) is 1. The van der Waals surface area contributed by atoms with Crippen molar-refractivity contribution in [3.05, 3.63) is 48.0 Å². The van der Waals surface area contributed by atoms with E-state index in [2.05, 4.69) is 17.3 Å². The second kappa shape index (κ2) is 6.59. The fourth-order valence-electron chi connectivity index (χ4n) is 4.25. The van der Waals surface area contributed by atoms with E-state index in [1.807, 2.05) is 12.1 Å². The Morgan fingerprint density at radius 2 is 1.85 bits per heavy atom. The Labute approximate surface area is 154 Å². The minimum atomic E-state index is -3.57. The number of likely N-dealkylation sites (N-methyl/N-ethyl adjacent to an activating group) is 1. The fraction of sp³-hybridized carbons (Fsp3) is 0.400. The molecule has 6 heteroatoms. The molecule has 2 aliphatic rings. The Hall–Kier alpha value is -2.05. The molecule has 2 aromatic carbocycles. The number of rotatable bonds is 3. The van der Waals surface area contributed by atoms with E-state index in [9.17, 15) is 8.42 Å². The normalized spacial score (nSPS) is 22.5. The van der Waals surface area contributed by atoms with Crippen LogP contribution in [0.4, 0.5) is 5.69 Å². The van der Waals surface area contributed by atoms with E-state index in [1.54, 1.807) is 30.3 Å². The van der Waals surface area contributed by atoms with Crippen LogP contribution in [0.2, 0.25) is 0 Å². The van der Waals surface area contributed by atoms with Crippen LogP contribution >= 0.6 is 0 Å². The molecule has 4 rings (SSSR count). The summed E-state index contributed by atoms with van der Waals surface area (Å²) < 4.78 is 31.4. The van der Waals surface area contributed by atoms with Crippen LogP contribution < -0.4 is 15.0 Å². The van der Waals surface area contributed by atoms with Crippen LogP contribution in [0.5, 0.6) is 5.75 Å². The summed E-state index contributed by atoms with van der Waals surface area (Å²) in [5.41, 5.74) is 2.32. The molecule has 2 aliphatic heterocycles. The van der Waals surface area contributed by atoms with E-state index >= 15 is 0 Å². The third-order valence-electron chi connectivity index (χ3n) is 5.65. The Morgan fingerprint density at radius 3 is 2.65 bits per heavy atom. The maximum atomic E-state index is 13.1. The summed E-state index contributed by atoms with van der Waals surface area (Å²) >= 11 is 0. The molecule has 0 bridgehead atoms. The Balaban J connectivity index is 1.77. The first-order chi connectivity index (χ1) is 12.5. The van der Waals surface area contributed by atoms with E-state index < -0.39 is 9.84 Å². The molecule has 0 saturated carbocycles. The lowest BCUT2D eigenvalue weighted by Crippen LogP contribution is -2.30. The maximum Gasteiger partial charge on any atom is 0.206 e. The van der Waals surface area contributed by atoms with Gasteiger partial charge >= 0.3 is 0 Å². The predicted octanol–water partition coefficient (Wildman–Crippen LogP) is 2.81. The molecule has 2 atom stereocenters. The minimum absolute atomic E-state index is 0.266. The molecular formula is C20H24N2O3S. The van der Waals surface area contributed by atoms with E-state index in [-0.39, 0.29) is 4.90 Å². The average molecular weight is 372 g/mol. The summed E-state index contributed by atoms with van der Waals surface area (Å²) in [6, 6.07) is 12.7. The SMILES string of the molecule is COc1cccc(S(=O)(=O)c2ccc3c(c2)[C@H]2CCNCC[C@@H]2N3C)c1. The van der Waals surface area contributed by atoms with Gasteiger partial charge in [-0.05, 0) is 67.9 Å². The molecule has 5 nitrogen and oxygen atoms in total. The molecule has 0 aliphatic carbocycles. The summed E-state index contributed by atoms with van der Waals surface area (Å²) in [6.45, 7) is 1.98. The second-order valence-electron chi connectivity index (χ2n) is 7.02. The Kier molecular flexibility index (Phi) is 4.40. The van der Waals surface area contributed by atoms with Gasteiger partial charge < -0.3 is 15.0 Å². The van der Waals surface area contributed by atoms with Crippen molar-refractivity contribution >= 4 is 15.5 Å². The largest absolute Gasteiger partial charge is 0.497 e. The lowest BCUT2D eigenvalue weighted by molar-refractivity contribution is 0.413. The number of nitrogens with one attached hydrogen (secondary N) is 1. The van der Waals surface area contributed by atoms with E-state index in [1.165, 1.54) is 7.11 Å². The third kappa shape index (κ3) is 2.77. The van der Waals surface area contributed by atoms with Gasteiger partial charge in [0, 0.05) is 24.7 Å². The van der Waals surface area contributed by atoms with E-state index in [4.69, 9.17) is 4.74 Å². The van der Waals surface area contributed by atoms with Crippen molar-refractivity contribution in [1.29, 1.82) is 0 Å². The molecule has 0 radical (unpaired) electrons. The highest BCUT2D eigenvalue weighted by atomic mass is 32.2. The Bertz CT molecular complexity index is 926. The molecule has 2 heterocycles. The maximum absolute atomic E-state index is 13.1. The first-order valence-corrected chi connectivity index (χ1v) is 10.5. The Morgan fingerprint density at radius 1 is 1.08 bits per heavy atom. The van der Waals surface area contributed by atoms with Crippen LogP contribution in [-0.4, -0.2) is 41.7 Å². The summed E-state index contributed by atoms with van der Waals surface area (Å²) in [7, 11) is 0.0833. The van der Waals surface area contributed by atoms with Gasteiger partial charge in [0.1, 0.15) is 5.75 Å². The number of benzene rings is 2. The topological polar surface area (TPSA) is 58.6 Å². The van der Waals surface area contributed by atoms with Crippen LogP contribution in [0.1, 0.15) is 24.3 Å². The minimum Gasteiger partial charge on any atom is -0.497 e.